The van der Waals surface area contributed by atoms with E-state index in [-0.39, 0.29) is 48.2 Å². The summed E-state index contributed by atoms with van der Waals surface area (Å²) < 4.78 is 23.7. The minimum absolute atomic E-state index is 0.00658. The highest BCUT2D eigenvalue weighted by atomic mass is 32.2. The van der Waals surface area contributed by atoms with E-state index in [1.807, 2.05) is 0 Å². The SMILES string of the molecule is C=CCN(C(=O)C1=NN([C@H]2CCS(=O)(=O)C2)C(=O)CC1)c1nc(-c2ccc([N+](=O)[O-])cc2)cs1. The lowest BCUT2D eigenvalue weighted by Crippen LogP contribution is -2.45. The van der Waals surface area contributed by atoms with Gasteiger partial charge in [0.1, 0.15) is 5.71 Å². The van der Waals surface area contributed by atoms with Crippen LogP contribution < -0.4 is 4.90 Å². The molecule has 0 radical (unpaired) electrons. The Morgan fingerprint density at radius 2 is 2.06 bits per heavy atom. The highest BCUT2D eigenvalue weighted by Gasteiger charge is 2.38. The number of rotatable bonds is 7. The van der Waals surface area contributed by atoms with Crippen molar-refractivity contribution in [3.05, 3.63) is 52.4 Å². The highest BCUT2D eigenvalue weighted by Crippen LogP contribution is 2.30. The van der Waals surface area contributed by atoms with Crippen LogP contribution >= 0.6 is 11.3 Å². The minimum atomic E-state index is -3.22. The summed E-state index contributed by atoms with van der Waals surface area (Å²) in [6.07, 6.45) is 2.04. The molecular formula is C21H21N5O6S2. The molecule has 3 heterocycles. The Kier molecular flexibility index (Phi) is 6.57. The Morgan fingerprint density at radius 3 is 2.68 bits per heavy atom. The summed E-state index contributed by atoms with van der Waals surface area (Å²) in [4.78, 5) is 42.0. The van der Waals surface area contributed by atoms with E-state index in [4.69, 9.17) is 0 Å². The number of hydrogen-bond acceptors (Lipinski definition) is 9. The topological polar surface area (TPSA) is 143 Å². The summed E-state index contributed by atoms with van der Waals surface area (Å²) in [5, 5.41) is 18.4. The second-order valence-electron chi connectivity index (χ2n) is 7.87. The molecule has 0 spiro atoms. The van der Waals surface area contributed by atoms with E-state index in [1.165, 1.54) is 28.4 Å². The fourth-order valence-corrected chi connectivity index (χ4v) is 6.32. The second-order valence-corrected chi connectivity index (χ2v) is 10.9. The van der Waals surface area contributed by atoms with Gasteiger partial charge in [0.2, 0.25) is 5.91 Å². The lowest BCUT2D eigenvalue weighted by Gasteiger charge is -2.29. The third kappa shape index (κ3) is 4.89. The molecule has 2 amide bonds. The van der Waals surface area contributed by atoms with Crippen LogP contribution in [0.25, 0.3) is 11.3 Å². The number of hydrazone groups is 1. The Hall–Kier alpha value is -3.45. The van der Waals surface area contributed by atoms with E-state index in [0.717, 1.165) is 5.01 Å². The summed E-state index contributed by atoms with van der Waals surface area (Å²) in [5.41, 5.74) is 1.33. The van der Waals surface area contributed by atoms with Crippen molar-refractivity contribution in [2.75, 3.05) is 23.0 Å². The van der Waals surface area contributed by atoms with Gasteiger partial charge < -0.3 is 0 Å². The summed E-state index contributed by atoms with van der Waals surface area (Å²) >= 11 is 1.22. The molecule has 2 aromatic rings. The van der Waals surface area contributed by atoms with Gasteiger partial charge in [-0.25, -0.2) is 18.4 Å². The fraction of sp³-hybridized carbons (Fsp3) is 0.333. The van der Waals surface area contributed by atoms with Crippen LogP contribution in [0.3, 0.4) is 0 Å². The molecule has 178 valence electrons. The zero-order valence-corrected chi connectivity index (χ0v) is 19.6. The second kappa shape index (κ2) is 9.43. The van der Waals surface area contributed by atoms with Crippen LogP contribution in [0.2, 0.25) is 0 Å². The molecular weight excluding hydrogens is 482 g/mol. The van der Waals surface area contributed by atoms with E-state index < -0.39 is 26.7 Å². The standard InChI is InChI=1S/C21H21N5O6S2/c1-2-10-24(21-22-18(12-33-21)14-3-5-15(6-4-14)26(29)30)20(28)17-7-8-19(27)25(23-17)16-9-11-34(31,32)13-16/h2-6,12,16H,1,7-11,13H2/t16-/m0/s1. The predicted molar refractivity (Wildman–Crippen MR) is 127 cm³/mol. The van der Waals surface area contributed by atoms with E-state index in [9.17, 15) is 28.1 Å². The molecule has 0 saturated carbocycles. The van der Waals surface area contributed by atoms with Crippen LogP contribution in [0, 0.1) is 10.1 Å². The van der Waals surface area contributed by atoms with Crippen molar-refractivity contribution in [1.82, 2.24) is 9.99 Å². The molecule has 2 aliphatic heterocycles. The van der Waals surface area contributed by atoms with Gasteiger partial charge in [0.25, 0.3) is 11.6 Å². The Balaban J connectivity index is 1.58. The van der Waals surface area contributed by atoms with Crippen LogP contribution in [0.5, 0.6) is 0 Å². The molecule has 0 bridgehead atoms. The van der Waals surface area contributed by atoms with Gasteiger partial charge in [0.15, 0.2) is 15.0 Å². The first-order valence-electron chi connectivity index (χ1n) is 10.4. The number of anilines is 1. The van der Waals surface area contributed by atoms with Gasteiger partial charge in [-0.05, 0) is 18.6 Å². The van der Waals surface area contributed by atoms with Crippen molar-refractivity contribution in [2.24, 2.45) is 5.10 Å². The van der Waals surface area contributed by atoms with Crippen molar-refractivity contribution < 1.29 is 22.9 Å². The molecule has 4 rings (SSSR count). The van der Waals surface area contributed by atoms with Gasteiger partial charge in [0.05, 0.1) is 28.2 Å². The van der Waals surface area contributed by atoms with Crippen LogP contribution in [-0.4, -0.2) is 65.0 Å². The molecule has 0 N–H and O–H groups in total. The first kappa shape index (κ1) is 23.7. The van der Waals surface area contributed by atoms with E-state index >= 15 is 0 Å². The first-order chi connectivity index (χ1) is 16.2. The number of nitrogens with zero attached hydrogens (tertiary/aromatic N) is 5. The van der Waals surface area contributed by atoms with E-state index in [1.54, 1.807) is 23.6 Å². The van der Waals surface area contributed by atoms with Crippen molar-refractivity contribution in [1.29, 1.82) is 0 Å². The number of nitro groups is 1. The lowest BCUT2D eigenvalue weighted by molar-refractivity contribution is -0.384. The van der Waals surface area contributed by atoms with Gasteiger partial charge in [-0.2, -0.15) is 5.10 Å². The molecule has 34 heavy (non-hydrogen) atoms. The summed E-state index contributed by atoms with van der Waals surface area (Å²) in [6.45, 7) is 3.85. The van der Waals surface area contributed by atoms with Crippen molar-refractivity contribution in [3.8, 4) is 11.3 Å². The zero-order chi connectivity index (χ0) is 24.5. The number of amides is 2. The van der Waals surface area contributed by atoms with Gasteiger partial charge in [-0.15, -0.1) is 17.9 Å². The zero-order valence-electron chi connectivity index (χ0n) is 18.0. The molecule has 2 aliphatic rings. The number of carbonyl (C=O) groups excluding carboxylic acids is 2. The smallest absolute Gasteiger partial charge is 0.276 e. The van der Waals surface area contributed by atoms with Crippen LogP contribution in [0.15, 0.2) is 47.4 Å². The summed E-state index contributed by atoms with van der Waals surface area (Å²) in [6, 6.07) is 5.36. The minimum Gasteiger partial charge on any atom is -0.279 e. The molecule has 13 heteroatoms. The maximum Gasteiger partial charge on any atom is 0.276 e. The normalized spacial score (nSPS) is 19.5. The highest BCUT2D eigenvalue weighted by molar-refractivity contribution is 7.91. The number of non-ortho nitro benzene ring substituents is 1. The monoisotopic (exact) mass is 503 g/mol. The maximum atomic E-state index is 13.3. The third-order valence-electron chi connectivity index (χ3n) is 5.51. The molecule has 11 nitrogen and oxygen atoms in total. The van der Waals surface area contributed by atoms with Crippen LogP contribution in [0.1, 0.15) is 19.3 Å². The van der Waals surface area contributed by atoms with Crippen molar-refractivity contribution in [2.45, 2.75) is 25.3 Å². The van der Waals surface area contributed by atoms with Crippen LogP contribution in [-0.2, 0) is 19.4 Å². The van der Waals surface area contributed by atoms with Gasteiger partial charge >= 0.3 is 0 Å². The average molecular weight is 504 g/mol. The Morgan fingerprint density at radius 1 is 1.32 bits per heavy atom. The van der Waals surface area contributed by atoms with Crippen LogP contribution in [0.4, 0.5) is 10.8 Å². The summed E-state index contributed by atoms with van der Waals surface area (Å²) in [5.74, 6) is -0.912. The third-order valence-corrected chi connectivity index (χ3v) is 8.13. The molecule has 0 unspecified atom stereocenters. The molecule has 1 fully saturated rings. The maximum absolute atomic E-state index is 13.3. The number of sulfone groups is 1. The predicted octanol–water partition coefficient (Wildman–Crippen LogP) is 2.40. The van der Waals surface area contributed by atoms with Gasteiger partial charge in [-0.1, -0.05) is 6.08 Å². The quantitative estimate of drug-likeness (QED) is 0.321. The number of carbonyl (C=O) groups is 2. The van der Waals surface area contributed by atoms with Gasteiger partial charge in [-0.3, -0.25) is 24.6 Å². The van der Waals surface area contributed by atoms with Crippen molar-refractivity contribution in [3.63, 3.8) is 0 Å². The number of nitro benzene ring substituents is 1. The first-order valence-corrected chi connectivity index (χ1v) is 13.1. The molecule has 1 aromatic heterocycles. The van der Waals surface area contributed by atoms with E-state index in [0.29, 0.717) is 22.8 Å². The molecule has 1 aromatic carbocycles. The Labute approximate surface area is 199 Å². The van der Waals surface area contributed by atoms with Crippen molar-refractivity contribution >= 4 is 49.5 Å². The van der Waals surface area contributed by atoms with E-state index in [2.05, 4.69) is 16.7 Å². The number of benzene rings is 1. The summed E-state index contributed by atoms with van der Waals surface area (Å²) in [7, 11) is -3.22. The lowest BCUT2D eigenvalue weighted by atomic mass is 10.1. The largest absolute Gasteiger partial charge is 0.279 e. The Bertz CT molecular complexity index is 1280. The average Bonchev–Trinajstić information content (AvgIpc) is 3.44. The number of aromatic nitrogens is 1. The van der Waals surface area contributed by atoms with Gasteiger partial charge in [0, 0.05) is 42.5 Å². The molecule has 1 saturated heterocycles. The molecule has 0 aliphatic carbocycles. The number of hydrogen-bond donors (Lipinski definition) is 0. The molecule has 1 atom stereocenters. The number of thiazole rings is 1. The fourth-order valence-electron chi connectivity index (χ4n) is 3.79.